The number of aryl methyl sites for hydroxylation is 1. The molecule has 0 fully saturated rings. The van der Waals surface area contributed by atoms with E-state index in [1.165, 1.54) is 18.4 Å². The molecule has 3 N–H and O–H groups in total. The topological polar surface area (TPSA) is 108 Å². The molecule has 0 spiro atoms. The van der Waals surface area contributed by atoms with E-state index < -0.39 is 17.9 Å². The van der Waals surface area contributed by atoms with E-state index in [0.29, 0.717) is 43.5 Å². The quantitative estimate of drug-likeness (QED) is 0.368. The maximum atomic E-state index is 13.3. The summed E-state index contributed by atoms with van der Waals surface area (Å²) in [6, 6.07) is 14.1. The third-order valence-corrected chi connectivity index (χ3v) is 7.08. The van der Waals surface area contributed by atoms with Crippen molar-refractivity contribution in [2.45, 2.75) is 26.7 Å². The molecule has 7 nitrogen and oxygen atoms in total. The number of allylic oxidation sites excluding steroid dienone is 1. The molecular weight excluding hydrogens is 464 g/mol. The minimum Gasteiger partial charge on any atom is -0.465 e. The molecule has 4 rings (SSSR count). The molecule has 0 saturated heterocycles. The van der Waals surface area contributed by atoms with Crippen molar-refractivity contribution in [3.05, 3.63) is 92.5 Å². The van der Waals surface area contributed by atoms with Gasteiger partial charge in [-0.2, -0.15) is 0 Å². The Balaban J connectivity index is 1.85. The molecule has 2 aromatic carbocycles. The normalized spacial score (nSPS) is 14.7. The second kappa shape index (κ2) is 9.76. The number of methoxy groups -OCH3 is 1. The molecule has 1 aliphatic rings. The van der Waals surface area contributed by atoms with Crippen molar-refractivity contribution in [3.63, 3.8) is 0 Å². The molecule has 1 aliphatic heterocycles. The average molecular weight is 491 g/mol. The van der Waals surface area contributed by atoms with E-state index in [0.717, 1.165) is 11.1 Å². The van der Waals surface area contributed by atoms with E-state index in [9.17, 15) is 14.4 Å². The highest BCUT2D eigenvalue weighted by atomic mass is 32.1. The van der Waals surface area contributed by atoms with Crippen molar-refractivity contribution < 1.29 is 23.9 Å². The Hall–Kier alpha value is -3.91. The molecule has 8 heteroatoms. The first kappa shape index (κ1) is 24.2. The van der Waals surface area contributed by atoms with Crippen LogP contribution in [0.5, 0.6) is 0 Å². The fraction of sp³-hybridized carbons (Fsp3) is 0.222. The number of carbonyl (C=O) groups excluding carboxylic acids is 3. The molecule has 1 atom stereocenters. The minimum absolute atomic E-state index is 0.182. The summed E-state index contributed by atoms with van der Waals surface area (Å²) in [6.45, 7) is 5.71. The Morgan fingerprint density at radius 1 is 0.971 bits per heavy atom. The summed E-state index contributed by atoms with van der Waals surface area (Å²) < 4.78 is 10.2. The molecule has 0 saturated carbocycles. The molecule has 35 heavy (non-hydrogen) atoms. The average Bonchev–Trinajstić information content (AvgIpc) is 3.18. The maximum absolute atomic E-state index is 13.3. The van der Waals surface area contributed by atoms with Crippen LogP contribution in [0, 0.1) is 6.92 Å². The van der Waals surface area contributed by atoms with E-state index in [-0.39, 0.29) is 12.4 Å². The van der Waals surface area contributed by atoms with Crippen molar-refractivity contribution in [2.75, 3.05) is 24.8 Å². The van der Waals surface area contributed by atoms with E-state index in [1.807, 2.05) is 19.1 Å². The Morgan fingerprint density at radius 2 is 1.60 bits per heavy atom. The van der Waals surface area contributed by atoms with Crippen LogP contribution in [0.15, 0.2) is 59.8 Å². The van der Waals surface area contributed by atoms with Gasteiger partial charge in [0.15, 0.2) is 0 Å². The predicted molar refractivity (Wildman–Crippen MR) is 136 cm³/mol. The lowest BCUT2D eigenvalue weighted by Crippen LogP contribution is -2.24. The number of carbonyl (C=O) groups is 3. The highest BCUT2D eigenvalue weighted by Gasteiger charge is 2.38. The number of ether oxygens (including phenoxy) is 2. The van der Waals surface area contributed by atoms with Crippen LogP contribution in [0.25, 0.3) is 0 Å². The van der Waals surface area contributed by atoms with Crippen LogP contribution in [-0.4, -0.2) is 31.4 Å². The number of esters is 2. The number of hydrogen-bond donors (Lipinski definition) is 2. The molecule has 0 radical (unpaired) electrons. The van der Waals surface area contributed by atoms with Crippen LogP contribution < -0.4 is 11.1 Å². The van der Waals surface area contributed by atoms with Gasteiger partial charge in [0.25, 0.3) is 0 Å². The van der Waals surface area contributed by atoms with Crippen LogP contribution in [0.1, 0.15) is 62.0 Å². The van der Waals surface area contributed by atoms with Crippen molar-refractivity contribution in [1.82, 2.24) is 0 Å². The summed E-state index contributed by atoms with van der Waals surface area (Å²) in [4.78, 5) is 38.7. The number of thiophene rings is 1. The van der Waals surface area contributed by atoms with Crippen LogP contribution in [0.4, 0.5) is 10.7 Å². The fourth-order valence-electron chi connectivity index (χ4n) is 4.18. The highest BCUT2D eigenvalue weighted by Crippen LogP contribution is 2.50. The summed E-state index contributed by atoms with van der Waals surface area (Å²) >= 11 is 1.26. The van der Waals surface area contributed by atoms with Gasteiger partial charge in [0.2, 0.25) is 5.78 Å². The predicted octanol–water partition coefficient (Wildman–Crippen LogP) is 5.05. The van der Waals surface area contributed by atoms with Crippen molar-refractivity contribution in [3.8, 4) is 0 Å². The van der Waals surface area contributed by atoms with E-state index in [1.54, 1.807) is 50.2 Å². The van der Waals surface area contributed by atoms with Gasteiger partial charge in [-0.25, -0.2) is 9.59 Å². The zero-order valence-corrected chi connectivity index (χ0v) is 20.7. The molecule has 0 unspecified atom stereocenters. The molecule has 1 aromatic heterocycles. The number of hydrogen-bond acceptors (Lipinski definition) is 8. The second-order valence-electron chi connectivity index (χ2n) is 8.21. The number of ketones is 1. The van der Waals surface area contributed by atoms with Crippen molar-refractivity contribution >= 4 is 39.7 Å². The van der Waals surface area contributed by atoms with Crippen LogP contribution in [0.3, 0.4) is 0 Å². The van der Waals surface area contributed by atoms with Gasteiger partial charge in [0.1, 0.15) is 4.88 Å². The third-order valence-electron chi connectivity index (χ3n) is 5.95. The van der Waals surface area contributed by atoms with Gasteiger partial charge >= 0.3 is 11.9 Å². The standard InChI is InChI=1S/C27H26N2O5S/c1-5-34-27(32)19-15(3)29-25-21(20(19)16-10-12-18(13-11-16)26(31)33-4)22(28)24(35-25)23(30)17-8-6-14(2)7-9-17/h6-13,20,29H,5,28H2,1-4H3/t20-/m1/s1. The minimum atomic E-state index is -0.576. The van der Waals surface area contributed by atoms with Gasteiger partial charge in [-0.3, -0.25) is 4.79 Å². The van der Waals surface area contributed by atoms with Gasteiger partial charge in [0, 0.05) is 22.7 Å². The monoisotopic (exact) mass is 490 g/mol. The van der Waals surface area contributed by atoms with Gasteiger partial charge in [-0.1, -0.05) is 42.0 Å². The molecule has 3 aromatic rings. The summed E-state index contributed by atoms with van der Waals surface area (Å²) in [5.74, 6) is -1.69. The molecular formula is C27H26N2O5S. The zero-order chi connectivity index (χ0) is 25.3. The Kier molecular flexibility index (Phi) is 6.75. The van der Waals surface area contributed by atoms with Gasteiger partial charge in [-0.05, 0) is 38.5 Å². The van der Waals surface area contributed by atoms with Gasteiger partial charge < -0.3 is 20.5 Å². The summed E-state index contributed by atoms with van der Waals surface area (Å²) in [5.41, 5.74) is 11.3. The van der Waals surface area contributed by atoms with Crippen molar-refractivity contribution in [1.29, 1.82) is 0 Å². The van der Waals surface area contributed by atoms with Gasteiger partial charge in [-0.15, -0.1) is 11.3 Å². The summed E-state index contributed by atoms with van der Waals surface area (Å²) in [5, 5.41) is 3.95. The fourth-order valence-corrected chi connectivity index (χ4v) is 5.36. The first-order valence-electron chi connectivity index (χ1n) is 11.1. The van der Waals surface area contributed by atoms with E-state index in [4.69, 9.17) is 15.2 Å². The van der Waals surface area contributed by atoms with Gasteiger partial charge in [0.05, 0.1) is 35.5 Å². The second-order valence-corrected chi connectivity index (χ2v) is 9.23. The number of fused-ring (bicyclic) bond motifs is 1. The number of rotatable bonds is 6. The smallest absolute Gasteiger partial charge is 0.337 e. The van der Waals surface area contributed by atoms with E-state index in [2.05, 4.69) is 5.32 Å². The number of nitrogens with one attached hydrogen (secondary N) is 1. The first-order chi connectivity index (χ1) is 16.8. The lowest BCUT2D eigenvalue weighted by atomic mass is 9.81. The molecule has 0 aliphatic carbocycles. The Bertz CT molecular complexity index is 1340. The number of nitrogen functional groups attached to an aromatic ring is 1. The van der Waals surface area contributed by atoms with Crippen LogP contribution in [-0.2, 0) is 14.3 Å². The number of benzene rings is 2. The summed E-state index contributed by atoms with van der Waals surface area (Å²) in [7, 11) is 1.32. The molecule has 0 amide bonds. The largest absolute Gasteiger partial charge is 0.465 e. The van der Waals surface area contributed by atoms with Crippen molar-refractivity contribution in [2.24, 2.45) is 0 Å². The summed E-state index contributed by atoms with van der Waals surface area (Å²) in [6.07, 6.45) is 0. The Morgan fingerprint density at radius 3 is 2.20 bits per heavy atom. The lowest BCUT2D eigenvalue weighted by Gasteiger charge is -2.28. The lowest BCUT2D eigenvalue weighted by molar-refractivity contribution is -0.138. The number of anilines is 2. The molecule has 2 heterocycles. The Labute approximate surface area is 207 Å². The highest BCUT2D eigenvalue weighted by molar-refractivity contribution is 7.19. The van der Waals surface area contributed by atoms with Crippen LogP contribution >= 0.6 is 11.3 Å². The third kappa shape index (κ3) is 4.44. The zero-order valence-electron chi connectivity index (χ0n) is 19.9. The SMILES string of the molecule is CCOC(=O)C1=C(C)Nc2sc(C(=O)c3ccc(C)cc3)c(N)c2[C@@H]1c1ccc(C(=O)OC)cc1. The maximum Gasteiger partial charge on any atom is 0.337 e. The number of nitrogens with two attached hydrogens (primary N) is 1. The van der Waals surface area contributed by atoms with E-state index >= 15 is 0 Å². The molecule has 180 valence electrons. The van der Waals surface area contributed by atoms with Crippen LogP contribution in [0.2, 0.25) is 0 Å². The molecule has 0 bridgehead atoms. The first-order valence-corrected chi connectivity index (χ1v) is 11.9.